The van der Waals surface area contributed by atoms with Crippen LogP contribution in [0.25, 0.3) is 0 Å². The van der Waals surface area contributed by atoms with Crippen molar-refractivity contribution in [2.24, 2.45) is 5.92 Å². The molecule has 1 aliphatic rings. The predicted molar refractivity (Wildman–Crippen MR) is 66.1 cm³/mol. The first kappa shape index (κ1) is 10.5. The van der Waals surface area contributed by atoms with Crippen LogP contribution in [0.15, 0.2) is 36.9 Å². The fourth-order valence-corrected chi connectivity index (χ4v) is 2.71. The van der Waals surface area contributed by atoms with E-state index in [1.54, 1.807) is 5.56 Å². The van der Waals surface area contributed by atoms with Gasteiger partial charge in [0.15, 0.2) is 0 Å². The lowest BCUT2D eigenvalue weighted by molar-refractivity contribution is 0.375. The van der Waals surface area contributed by atoms with E-state index in [-0.39, 0.29) is 0 Å². The number of hydrogen-bond acceptors (Lipinski definition) is 0. The summed E-state index contributed by atoms with van der Waals surface area (Å²) in [7, 11) is 0. The molecule has 15 heavy (non-hydrogen) atoms. The Bertz CT molecular complexity index is 330. The highest BCUT2D eigenvalue weighted by molar-refractivity contribution is 5.29. The first-order valence-electron chi connectivity index (χ1n) is 5.99. The highest BCUT2D eigenvalue weighted by atomic mass is 14.3. The van der Waals surface area contributed by atoms with Crippen molar-refractivity contribution in [1.82, 2.24) is 0 Å². The maximum atomic E-state index is 3.90. The van der Waals surface area contributed by atoms with Crippen LogP contribution in [0, 0.1) is 12.8 Å². The second-order valence-corrected chi connectivity index (χ2v) is 4.70. The molecule has 80 valence electrons. The van der Waals surface area contributed by atoms with E-state index in [1.165, 1.54) is 31.2 Å². The Morgan fingerprint density at radius 3 is 2.40 bits per heavy atom. The highest BCUT2D eigenvalue weighted by Gasteiger charge is 2.21. The SMILES string of the molecule is C=CC1CCC(c2ccccc2C)CC1. The maximum absolute atomic E-state index is 3.90. The topological polar surface area (TPSA) is 0 Å². The molecule has 0 saturated heterocycles. The molecule has 0 aliphatic heterocycles. The fourth-order valence-electron chi connectivity index (χ4n) is 2.71. The van der Waals surface area contributed by atoms with Gasteiger partial charge in [0, 0.05) is 0 Å². The molecule has 0 amide bonds. The zero-order valence-electron chi connectivity index (χ0n) is 9.58. The summed E-state index contributed by atoms with van der Waals surface area (Å²) in [5.74, 6) is 1.56. The molecule has 0 radical (unpaired) electrons. The predicted octanol–water partition coefficient (Wildman–Crippen LogP) is 4.45. The zero-order valence-corrected chi connectivity index (χ0v) is 9.58. The summed E-state index contributed by atoms with van der Waals surface area (Å²) >= 11 is 0. The van der Waals surface area contributed by atoms with Gasteiger partial charge in [-0.3, -0.25) is 0 Å². The summed E-state index contributed by atoms with van der Waals surface area (Å²) in [5.41, 5.74) is 3.03. The normalized spacial score (nSPS) is 26.2. The van der Waals surface area contributed by atoms with Gasteiger partial charge >= 0.3 is 0 Å². The highest BCUT2D eigenvalue weighted by Crippen LogP contribution is 2.37. The van der Waals surface area contributed by atoms with Crippen molar-refractivity contribution >= 4 is 0 Å². The van der Waals surface area contributed by atoms with E-state index in [0.717, 1.165) is 11.8 Å². The van der Waals surface area contributed by atoms with Crippen LogP contribution in [-0.2, 0) is 0 Å². The van der Waals surface area contributed by atoms with E-state index < -0.39 is 0 Å². The lowest BCUT2D eigenvalue weighted by Crippen LogP contribution is -2.12. The minimum absolute atomic E-state index is 0.769. The van der Waals surface area contributed by atoms with E-state index in [2.05, 4.69) is 43.8 Å². The third-order valence-electron chi connectivity index (χ3n) is 3.73. The Balaban J connectivity index is 2.07. The van der Waals surface area contributed by atoms with E-state index in [9.17, 15) is 0 Å². The molecular weight excluding hydrogens is 180 g/mol. The van der Waals surface area contributed by atoms with Crippen LogP contribution in [0.4, 0.5) is 0 Å². The van der Waals surface area contributed by atoms with Crippen LogP contribution >= 0.6 is 0 Å². The Kier molecular flexibility index (Phi) is 3.25. The van der Waals surface area contributed by atoms with E-state index in [4.69, 9.17) is 0 Å². The second-order valence-electron chi connectivity index (χ2n) is 4.70. The van der Waals surface area contributed by atoms with Crippen molar-refractivity contribution in [3.05, 3.63) is 48.0 Å². The van der Waals surface area contributed by atoms with Crippen LogP contribution < -0.4 is 0 Å². The smallest absolute Gasteiger partial charge is 0.0159 e. The molecule has 0 unspecified atom stereocenters. The molecule has 1 aromatic carbocycles. The molecular formula is C15H20. The molecule has 0 nitrogen and oxygen atoms in total. The first-order chi connectivity index (χ1) is 7.31. The van der Waals surface area contributed by atoms with Gasteiger partial charge in [0.25, 0.3) is 0 Å². The van der Waals surface area contributed by atoms with Crippen molar-refractivity contribution in [2.75, 3.05) is 0 Å². The molecule has 1 aliphatic carbocycles. The molecule has 0 N–H and O–H groups in total. The number of benzene rings is 1. The van der Waals surface area contributed by atoms with Gasteiger partial charge < -0.3 is 0 Å². The summed E-state index contributed by atoms with van der Waals surface area (Å²) in [5, 5.41) is 0. The minimum atomic E-state index is 0.769. The van der Waals surface area contributed by atoms with Crippen LogP contribution in [0.5, 0.6) is 0 Å². The maximum Gasteiger partial charge on any atom is -0.0159 e. The Morgan fingerprint density at radius 1 is 1.13 bits per heavy atom. The van der Waals surface area contributed by atoms with Gasteiger partial charge in [-0.05, 0) is 55.6 Å². The van der Waals surface area contributed by atoms with Gasteiger partial charge in [-0.15, -0.1) is 6.58 Å². The van der Waals surface area contributed by atoms with Gasteiger partial charge in [-0.2, -0.15) is 0 Å². The Morgan fingerprint density at radius 2 is 1.80 bits per heavy atom. The third kappa shape index (κ3) is 2.31. The molecule has 1 aromatic rings. The average Bonchev–Trinajstić information content (AvgIpc) is 2.30. The molecule has 0 heteroatoms. The fraction of sp³-hybridized carbons (Fsp3) is 0.467. The molecule has 1 saturated carbocycles. The van der Waals surface area contributed by atoms with Crippen molar-refractivity contribution < 1.29 is 0 Å². The zero-order chi connectivity index (χ0) is 10.7. The van der Waals surface area contributed by atoms with Gasteiger partial charge in [-0.25, -0.2) is 0 Å². The van der Waals surface area contributed by atoms with Gasteiger partial charge in [0.05, 0.1) is 0 Å². The van der Waals surface area contributed by atoms with Crippen molar-refractivity contribution in [1.29, 1.82) is 0 Å². The molecule has 2 rings (SSSR count). The molecule has 0 bridgehead atoms. The van der Waals surface area contributed by atoms with Crippen LogP contribution in [-0.4, -0.2) is 0 Å². The third-order valence-corrected chi connectivity index (χ3v) is 3.73. The van der Waals surface area contributed by atoms with Gasteiger partial charge in [0.2, 0.25) is 0 Å². The van der Waals surface area contributed by atoms with E-state index >= 15 is 0 Å². The summed E-state index contributed by atoms with van der Waals surface area (Å²) < 4.78 is 0. The van der Waals surface area contributed by atoms with Crippen molar-refractivity contribution in [3.8, 4) is 0 Å². The monoisotopic (exact) mass is 200 g/mol. The average molecular weight is 200 g/mol. The number of rotatable bonds is 2. The summed E-state index contributed by atoms with van der Waals surface area (Å²) in [6.07, 6.45) is 7.45. The summed E-state index contributed by atoms with van der Waals surface area (Å²) in [6.45, 7) is 6.13. The standard InChI is InChI=1S/C15H20/c1-3-13-8-10-14(11-9-13)15-7-5-4-6-12(15)2/h3-7,13-14H,1,8-11H2,2H3. The minimum Gasteiger partial charge on any atom is -0.103 e. The molecule has 0 atom stereocenters. The summed E-state index contributed by atoms with van der Waals surface area (Å²) in [6, 6.07) is 8.83. The number of allylic oxidation sites excluding steroid dienone is 1. The number of hydrogen-bond donors (Lipinski definition) is 0. The molecule has 0 heterocycles. The molecule has 0 spiro atoms. The Hall–Kier alpha value is -1.04. The van der Waals surface area contributed by atoms with Crippen molar-refractivity contribution in [2.45, 2.75) is 38.5 Å². The summed E-state index contributed by atoms with van der Waals surface area (Å²) in [4.78, 5) is 0. The lowest BCUT2D eigenvalue weighted by Gasteiger charge is -2.27. The van der Waals surface area contributed by atoms with Crippen molar-refractivity contribution in [3.63, 3.8) is 0 Å². The van der Waals surface area contributed by atoms with Crippen LogP contribution in [0.2, 0.25) is 0 Å². The molecule has 0 aromatic heterocycles. The Labute approximate surface area is 93.0 Å². The van der Waals surface area contributed by atoms with E-state index in [0.29, 0.717) is 0 Å². The van der Waals surface area contributed by atoms with E-state index in [1.807, 2.05) is 0 Å². The lowest BCUT2D eigenvalue weighted by atomic mass is 9.78. The quantitative estimate of drug-likeness (QED) is 0.618. The molecule has 1 fully saturated rings. The van der Waals surface area contributed by atoms with Gasteiger partial charge in [-0.1, -0.05) is 30.3 Å². The first-order valence-corrected chi connectivity index (χ1v) is 5.99. The van der Waals surface area contributed by atoms with Gasteiger partial charge in [0.1, 0.15) is 0 Å². The van der Waals surface area contributed by atoms with Crippen LogP contribution in [0.1, 0.15) is 42.7 Å². The largest absolute Gasteiger partial charge is 0.103 e. The second kappa shape index (κ2) is 4.65. The van der Waals surface area contributed by atoms with Crippen LogP contribution in [0.3, 0.4) is 0 Å². The number of aryl methyl sites for hydroxylation is 1.